The topological polar surface area (TPSA) is 20.2 Å². The van der Waals surface area contributed by atoms with Crippen LogP contribution in [0.3, 0.4) is 0 Å². The van der Waals surface area contributed by atoms with Crippen molar-refractivity contribution in [3.8, 4) is 0 Å². The van der Waals surface area contributed by atoms with E-state index in [0.29, 0.717) is 0 Å². The fourth-order valence-electron chi connectivity index (χ4n) is 0.902. The van der Waals surface area contributed by atoms with Gasteiger partial charge in [0.15, 0.2) is 0 Å². The van der Waals surface area contributed by atoms with Gasteiger partial charge >= 0.3 is 0 Å². The van der Waals surface area contributed by atoms with Crippen molar-refractivity contribution in [3.05, 3.63) is 35.9 Å². The number of rotatable bonds is 2. The zero-order valence-electron chi connectivity index (χ0n) is 6.67. The summed E-state index contributed by atoms with van der Waals surface area (Å²) >= 11 is 11.2. The average molecular weight is 205 g/mol. The average Bonchev–Trinajstić information content (AvgIpc) is 2.06. The van der Waals surface area contributed by atoms with E-state index in [1.165, 1.54) is 0 Å². The molecule has 66 valence electrons. The third-order valence-electron chi connectivity index (χ3n) is 1.78. The molecule has 0 fully saturated rings. The van der Waals surface area contributed by atoms with Crippen LogP contribution in [0.1, 0.15) is 12.5 Å². The molecule has 0 amide bonds. The van der Waals surface area contributed by atoms with Crippen molar-refractivity contribution >= 4 is 23.2 Å². The van der Waals surface area contributed by atoms with Crippen LogP contribution in [0.5, 0.6) is 0 Å². The van der Waals surface area contributed by atoms with E-state index >= 15 is 0 Å². The molecule has 1 rings (SSSR count). The van der Waals surface area contributed by atoms with Gasteiger partial charge in [-0.05, 0) is 12.5 Å². The molecule has 1 nitrogen and oxygen atoms in total. The van der Waals surface area contributed by atoms with Gasteiger partial charge < -0.3 is 5.11 Å². The highest BCUT2D eigenvalue weighted by Crippen LogP contribution is 2.30. The molecule has 1 unspecified atom stereocenters. The van der Waals surface area contributed by atoms with Crippen LogP contribution in [0.15, 0.2) is 30.3 Å². The minimum atomic E-state index is -1.18. The maximum Gasteiger partial charge on any atom is 0.140 e. The lowest BCUT2D eigenvalue weighted by molar-refractivity contribution is 0.0721. The molecule has 0 saturated carbocycles. The number of aliphatic hydroxyl groups is 1. The summed E-state index contributed by atoms with van der Waals surface area (Å²) in [6.07, 6.45) is 0. The van der Waals surface area contributed by atoms with Gasteiger partial charge in [0.1, 0.15) is 10.4 Å². The Labute approximate surface area is 81.9 Å². The van der Waals surface area contributed by atoms with Crippen molar-refractivity contribution in [3.63, 3.8) is 0 Å². The van der Waals surface area contributed by atoms with Gasteiger partial charge in [0, 0.05) is 0 Å². The van der Waals surface area contributed by atoms with Crippen LogP contribution in [-0.4, -0.2) is 9.94 Å². The largest absolute Gasteiger partial charge is 0.383 e. The molecule has 0 spiro atoms. The number of halogens is 2. The second-order valence-corrected chi connectivity index (χ2v) is 3.91. The molecule has 0 radical (unpaired) electrons. The second-order valence-electron chi connectivity index (χ2n) is 2.81. The molecular formula is C9H10Cl2O. The molecule has 1 atom stereocenters. The molecule has 1 aromatic rings. The third-order valence-corrected chi connectivity index (χ3v) is 2.63. The fourth-order valence-corrected chi connectivity index (χ4v) is 1.15. The first kappa shape index (κ1) is 9.85. The Bertz CT molecular complexity index is 244. The Hall–Kier alpha value is -0.240. The highest BCUT2D eigenvalue weighted by molar-refractivity contribution is 6.45. The van der Waals surface area contributed by atoms with E-state index in [9.17, 15) is 5.11 Å². The molecule has 3 heteroatoms. The van der Waals surface area contributed by atoms with Gasteiger partial charge in [-0.15, -0.1) is 23.2 Å². The van der Waals surface area contributed by atoms with Crippen molar-refractivity contribution in [1.29, 1.82) is 0 Å². The molecular weight excluding hydrogens is 195 g/mol. The van der Waals surface area contributed by atoms with E-state index < -0.39 is 10.4 Å². The molecule has 1 aromatic carbocycles. The molecule has 0 aromatic heterocycles. The first-order valence-electron chi connectivity index (χ1n) is 3.61. The van der Waals surface area contributed by atoms with Gasteiger partial charge in [-0.25, -0.2) is 0 Å². The zero-order chi connectivity index (χ0) is 9.19. The van der Waals surface area contributed by atoms with Crippen LogP contribution < -0.4 is 0 Å². The van der Waals surface area contributed by atoms with E-state index in [-0.39, 0.29) is 0 Å². The lowest BCUT2D eigenvalue weighted by Crippen LogP contribution is -2.28. The summed E-state index contributed by atoms with van der Waals surface area (Å²) in [5.41, 5.74) is -0.454. The fraction of sp³-hybridized carbons (Fsp3) is 0.333. The molecule has 1 N–H and O–H groups in total. The minimum absolute atomic E-state index is 0.722. The third kappa shape index (κ3) is 1.92. The number of hydrogen-bond acceptors (Lipinski definition) is 1. The molecule has 0 bridgehead atoms. The van der Waals surface area contributed by atoms with Gasteiger partial charge in [0.2, 0.25) is 0 Å². The Kier molecular flexibility index (Phi) is 2.99. The predicted octanol–water partition coefficient (Wildman–Crippen LogP) is 2.70. The van der Waals surface area contributed by atoms with Crippen molar-refractivity contribution in [2.24, 2.45) is 0 Å². The number of alkyl halides is 2. The highest BCUT2D eigenvalue weighted by Gasteiger charge is 2.30. The zero-order valence-corrected chi connectivity index (χ0v) is 8.18. The van der Waals surface area contributed by atoms with E-state index in [2.05, 4.69) is 0 Å². The monoisotopic (exact) mass is 204 g/mol. The molecule has 0 heterocycles. The van der Waals surface area contributed by atoms with Crippen LogP contribution in [0.2, 0.25) is 0 Å². The van der Waals surface area contributed by atoms with Crippen molar-refractivity contribution in [2.75, 3.05) is 0 Å². The first-order valence-corrected chi connectivity index (χ1v) is 4.48. The summed E-state index contributed by atoms with van der Waals surface area (Å²) in [6, 6.07) is 9.12. The van der Waals surface area contributed by atoms with Crippen LogP contribution in [0.25, 0.3) is 0 Å². The second kappa shape index (κ2) is 3.65. The minimum Gasteiger partial charge on any atom is -0.383 e. The van der Waals surface area contributed by atoms with Crippen LogP contribution >= 0.6 is 23.2 Å². The van der Waals surface area contributed by atoms with E-state index in [1.54, 1.807) is 19.1 Å². The van der Waals surface area contributed by atoms with Crippen molar-refractivity contribution < 1.29 is 5.11 Å². The highest BCUT2D eigenvalue weighted by atomic mass is 35.5. The van der Waals surface area contributed by atoms with Crippen LogP contribution in [0, 0.1) is 0 Å². The van der Waals surface area contributed by atoms with E-state index in [0.717, 1.165) is 5.56 Å². The van der Waals surface area contributed by atoms with Gasteiger partial charge in [-0.2, -0.15) is 0 Å². The lowest BCUT2D eigenvalue weighted by atomic mass is 9.98. The van der Waals surface area contributed by atoms with Gasteiger partial charge in [-0.3, -0.25) is 0 Å². The van der Waals surface area contributed by atoms with Gasteiger partial charge in [0.25, 0.3) is 0 Å². The van der Waals surface area contributed by atoms with Crippen LogP contribution in [0.4, 0.5) is 0 Å². The summed E-state index contributed by atoms with van der Waals surface area (Å²) in [5.74, 6) is 0. The lowest BCUT2D eigenvalue weighted by Gasteiger charge is -2.24. The molecule has 0 aliphatic rings. The summed E-state index contributed by atoms with van der Waals surface area (Å²) in [4.78, 5) is -0.820. The van der Waals surface area contributed by atoms with Crippen molar-refractivity contribution in [1.82, 2.24) is 0 Å². The normalized spacial score (nSPS) is 16.1. The van der Waals surface area contributed by atoms with Gasteiger partial charge in [-0.1, -0.05) is 30.3 Å². The summed E-state index contributed by atoms with van der Waals surface area (Å²) in [6.45, 7) is 1.59. The summed E-state index contributed by atoms with van der Waals surface area (Å²) < 4.78 is 0. The molecule has 0 aliphatic carbocycles. The van der Waals surface area contributed by atoms with E-state index in [4.69, 9.17) is 23.2 Å². The Balaban J connectivity index is 2.98. The summed E-state index contributed by atoms with van der Waals surface area (Å²) in [5, 5.41) is 9.80. The molecule has 0 aliphatic heterocycles. The first-order chi connectivity index (χ1) is 5.55. The van der Waals surface area contributed by atoms with E-state index in [1.807, 2.05) is 18.2 Å². The maximum atomic E-state index is 9.80. The maximum absolute atomic E-state index is 9.80. The number of hydrogen-bond donors (Lipinski definition) is 1. The Morgan fingerprint density at radius 1 is 1.25 bits per heavy atom. The van der Waals surface area contributed by atoms with Crippen LogP contribution in [-0.2, 0) is 5.60 Å². The van der Waals surface area contributed by atoms with Crippen molar-refractivity contribution in [2.45, 2.75) is 17.4 Å². The summed E-state index contributed by atoms with van der Waals surface area (Å²) in [7, 11) is 0. The van der Waals surface area contributed by atoms with Gasteiger partial charge in [0.05, 0.1) is 0 Å². The Morgan fingerprint density at radius 2 is 1.75 bits per heavy atom. The smallest absolute Gasteiger partial charge is 0.140 e. The molecule has 0 saturated heterocycles. The standard InChI is InChI=1S/C9H10Cl2O/c1-9(12,8(10)11)7-5-3-2-4-6-7/h2-6,8,12H,1H3. The predicted molar refractivity (Wildman–Crippen MR) is 51.5 cm³/mol. The SMILES string of the molecule is CC(O)(c1ccccc1)C(Cl)Cl. The quantitative estimate of drug-likeness (QED) is 0.736. The Morgan fingerprint density at radius 3 is 2.17 bits per heavy atom. The molecule has 12 heavy (non-hydrogen) atoms. The number of benzene rings is 1.